The lowest BCUT2D eigenvalue weighted by atomic mass is 10.1. The first-order valence-electron chi connectivity index (χ1n) is 5.67. The Kier molecular flexibility index (Phi) is 2.94. The van der Waals surface area contributed by atoms with Gasteiger partial charge in [0.25, 0.3) is 0 Å². The van der Waals surface area contributed by atoms with E-state index in [2.05, 4.69) is 12.2 Å². The van der Waals surface area contributed by atoms with Gasteiger partial charge in [0.1, 0.15) is 5.82 Å². The Morgan fingerprint density at radius 1 is 1.27 bits per heavy atom. The summed E-state index contributed by atoms with van der Waals surface area (Å²) in [7, 11) is 0. The third-order valence-corrected chi connectivity index (χ3v) is 3.11. The number of nitrogens with one attached hydrogen (secondary N) is 1. The maximum Gasteiger partial charge on any atom is 0.125 e. The van der Waals surface area contributed by atoms with Gasteiger partial charge >= 0.3 is 0 Å². The highest BCUT2D eigenvalue weighted by molar-refractivity contribution is 5.46. The van der Waals surface area contributed by atoms with Gasteiger partial charge in [0.2, 0.25) is 0 Å². The Labute approximate surface area is 90.7 Å². The average Bonchev–Trinajstić information content (AvgIpc) is 2.49. The second kappa shape index (κ2) is 4.21. The van der Waals surface area contributed by atoms with E-state index in [0.29, 0.717) is 6.04 Å². The number of hydrogen-bond acceptors (Lipinski definition) is 1. The molecule has 0 aliphatic heterocycles. The van der Waals surface area contributed by atoms with Crippen molar-refractivity contribution in [1.29, 1.82) is 0 Å². The summed E-state index contributed by atoms with van der Waals surface area (Å²) in [6, 6.07) is 5.67. The van der Waals surface area contributed by atoms with Gasteiger partial charge in [-0.15, -0.1) is 0 Å². The molecule has 0 aromatic heterocycles. The van der Waals surface area contributed by atoms with Crippen molar-refractivity contribution in [3.05, 3.63) is 29.6 Å². The minimum absolute atomic E-state index is 0.149. The lowest BCUT2D eigenvalue weighted by Gasteiger charge is -2.14. The third kappa shape index (κ3) is 2.71. The fraction of sp³-hybridized carbons (Fsp3) is 0.538. The second-order valence-electron chi connectivity index (χ2n) is 4.78. The molecule has 15 heavy (non-hydrogen) atoms. The van der Waals surface area contributed by atoms with Crippen LogP contribution < -0.4 is 5.32 Å². The van der Waals surface area contributed by atoms with E-state index in [-0.39, 0.29) is 5.82 Å². The highest BCUT2D eigenvalue weighted by atomic mass is 19.1. The molecule has 1 aliphatic rings. The van der Waals surface area contributed by atoms with Crippen molar-refractivity contribution < 1.29 is 4.39 Å². The minimum atomic E-state index is -0.149. The molecule has 2 rings (SSSR count). The first-order valence-corrected chi connectivity index (χ1v) is 5.67. The van der Waals surface area contributed by atoms with Gasteiger partial charge in [0.05, 0.1) is 0 Å². The van der Waals surface area contributed by atoms with Crippen molar-refractivity contribution in [2.75, 3.05) is 5.32 Å². The number of hydrogen-bond donors (Lipinski definition) is 1. The zero-order valence-corrected chi connectivity index (χ0v) is 9.39. The van der Waals surface area contributed by atoms with Gasteiger partial charge in [-0.3, -0.25) is 0 Å². The predicted molar refractivity (Wildman–Crippen MR) is 61.6 cm³/mol. The Hall–Kier alpha value is -1.05. The summed E-state index contributed by atoms with van der Waals surface area (Å²) in [6.07, 6.45) is 3.69. The lowest BCUT2D eigenvalue weighted by Crippen LogP contribution is -2.15. The molecule has 1 aromatic rings. The van der Waals surface area contributed by atoms with Crippen LogP contribution in [-0.2, 0) is 0 Å². The molecule has 0 bridgehead atoms. The van der Waals surface area contributed by atoms with Crippen LogP contribution in [0.4, 0.5) is 10.1 Å². The molecule has 1 fully saturated rings. The van der Waals surface area contributed by atoms with Gasteiger partial charge in [-0.05, 0) is 55.9 Å². The van der Waals surface area contributed by atoms with Crippen molar-refractivity contribution >= 4 is 5.69 Å². The molecule has 1 aromatic carbocycles. The number of halogens is 1. The minimum Gasteiger partial charge on any atom is -0.382 e. The predicted octanol–water partition coefficient (Wildman–Crippen LogP) is 3.73. The molecule has 0 heterocycles. The number of anilines is 1. The third-order valence-electron chi connectivity index (χ3n) is 3.11. The van der Waals surface area contributed by atoms with E-state index in [1.165, 1.54) is 19.3 Å². The van der Waals surface area contributed by atoms with Crippen molar-refractivity contribution in [2.45, 2.75) is 39.2 Å². The van der Waals surface area contributed by atoms with Gasteiger partial charge in [-0.25, -0.2) is 4.39 Å². The highest BCUT2D eigenvalue weighted by Gasteiger charge is 2.20. The summed E-state index contributed by atoms with van der Waals surface area (Å²) in [5.74, 6) is 0.653. The lowest BCUT2D eigenvalue weighted by molar-refractivity contribution is 0.602. The van der Waals surface area contributed by atoms with E-state index < -0.39 is 0 Å². The molecule has 1 aliphatic carbocycles. The molecule has 0 spiro atoms. The normalized spacial score (nSPS) is 25.5. The van der Waals surface area contributed by atoms with Gasteiger partial charge in [0.15, 0.2) is 0 Å². The van der Waals surface area contributed by atoms with E-state index in [0.717, 1.165) is 17.2 Å². The molecule has 1 saturated carbocycles. The fourth-order valence-corrected chi connectivity index (χ4v) is 2.39. The van der Waals surface area contributed by atoms with Gasteiger partial charge < -0.3 is 5.32 Å². The zero-order valence-electron chi connectivity index (χ0n) is 9.39. The molecule has 82 valence electrons. The summed E-state index contributed by atoms with van der Waals surface area (Å²) in [6.45, 7) is 4.20. The SMILES string of the molecule is Cc1cc(F)cc(NC2CCC(C)C2)c1. The maximum atomic E-state index is 13.1. The largest absolute Gasteiger partial charge is 0.382 e. The fourth-order valence-electron chi connectivity index (χ4n) is 2.39. The van der Waals surface area contributed by atoms with E-state index in [9.17, 15) is 4.39 Å². The second-order valence-corrected chi connectivity index (χ2v) is 4.78. The number of rotatable bonds is 2. The molecule has 0 radical (unpaired) electrons. The van der Waals surface area contributed by atoms with Crippen LogP contribution in [0.5, 0.6) is 0 Å². The molecule has 2 unspecified atom stereocenters. The molecular weight excluding hydrogens is 189 g/mol. The van der Waals surface area contributed by atoms with Crippen LogP contribution in [0.15, 0.2) is 18.2 Å². The molecule has 1 N–H and O–H groups in total. The van der Waals surface area contributed by atoms with Gasteiger partial charge in [-0.1, -0.05) is 6.92 Å². The van der Waals surface area contributed by atoms with Crippen LogP contribution in [0.2, 0.25) is 0 Å². The quantitative estimate of drug-likeness (QED) is 0.779. The van der Waals surface area contributed by atoms with Crippen LogP contribution in [0.3, 0.4) is 0 Å². The summed E-state index contributed by atoms with van der Waals surface area (Å²) < 4.78 is 13.1. The molecule has 2 heteroatoms. The van der Waals surface area contributed by atoms with Gasteiger partial charge in [-0.2, -0.15) is 0 Å². The van der Waals surface area contributed by atoms with E-state index >= 15 is 0 Å². The zero-order chi connectivity index (χ0) is 10.8. The molecule has 0 saturated heterocycles. The van der Waals surface area contributed by atoms with Crippen LogP contribution in [0, 0.1) is 18.7 Å². The number of aryl methyl sites for hydroxylation is 1. The Morgan fingerprint density at radius 2 is 2.07 bits per heavy atom. The summed E-state index contributed by atoms with van der Waals surface area (Å²) in [5, 5.41) is 3.41. The first kappa shape index (κ1) is 10.5. The van der Waals surface area contributed by atoms with Crippen molar-refractivity contribution in [3.63, 3.8) is 0 Å². The number of benzene rings is 1. The standard InChI is InChI=1S/C13H18FN/c1-9-3-4-12(6-9)15-13-7-10(2)5-11(14)8-13/h5,7-9,12,15H,3-4,6H2,1-2H3. The Bertz CT molecular complexity index is 328. The Morgan fingerprint density at radius 3 is 2.67 bits per heavy atom. The summed E-state index contributed by atoms with van der Waals surface area (Å²) in [4.78, 5) is 0. The van der Waals surface area contributed by atoms with Crippen LogP contribution in [0.1, 0.15) is 31.7 Å². The smallest absolute Gasteiger partial charge is 0.125 e. The topological polar surface area (TPSA) is 12.0 Å². The highest BCUT2D eigenvalue weighted by Crippen LogP contribution is 2.27. The molecular formula is C13H18FN. The first-order chi connectivity index (χ1) is 7.13. The van der Waals surface area contributed by atoms with E-state index in [4.69, 9.17) is 0 Å². The molecule has 1 nitrogen and oxygen atoms in total. The summed E-state index contributed by atoms with van der Waals surface area (Å²) in [5.41, 5.74) is 1.90. The van der Waals surface area contributed by atoms with Gasteiger partial charge in [0, 0.05) is 11.7 Å². The summed E-state index contributed by atoms with van der Waals surface area (Å²) >= 11 is 0. The van der Waals surface area contributed by atoms with E-state index in [1.54, 1.807) is 12.1 Å². The Balaban J connectivity index is 2.04. The van der Waals surface area contributed by atoms with Crippen LogP contribution in [-0.4, -0.2) is 6.04 Å². The van der Waals surface area contributed by atoms with E-state index in [1.807, 2.05) is 13.0 Å². The van der Waals surface area contributed by atoms with Crippen LogP contribution >= 0.6 is 0 Å². The average molecular weight is 207 g/mol. The molecule has 2 atom stereocenters. The maximum absolute atomic E-state index is 13.1. The van der Waals surface area contributed by atoms with Crippen molar-refractivity contribution in [3.8, 4) is 0 Å². The van der Waals surface area contributed by atoms with Crippen molar-refractivity contribution in [2.24, 2.45) is 5.92 Å². The molecule has 0 amide bonds. The van der Waals surface area contributed by atoms with Crippen molar-refractivity contribution in [1.82, 2.24) is 0 Å². The monoisotopic (exact) mass is 207 g/mol. The van der Waals surface area contributed by atoms with Crippen LogP contribution in [0.25, 0.3) is 0 Å².